The molecule has 0 atom stereocenters. The molecule has 0 amide bonds. The molecule has 0 aromatic carbocycles. The van der Waals surface area contributed by atoms with Gasteiger partial charge in [-0.3, -0.25) is 0 Å². The highest BCUT2D eigenvalue weighted by molar-refractivity contribution is 4.96. The fourth-order valence-electron chi connectivity index (χ4n) is 0.389. The lowest BCUT2D eigenvalue weighted by atomic mass is 10.8. The summed E-state index contributed by atoms with van der Waals surface area (Å²) in [7, 11) is 0. The first kappa shape index (κ1) is 5.15. The molecule has 0 bridgehead atoms. The van der Waals surface area contributed by atoms with Crippen LogP contribution >= 0.6 is 0 Å². The molecule has 0 aliphatic carbocycles. The molecule has 1 radical (unpaired) electrons. The molecular formula is C5H6NO2. The Morgan fingerprint density at radius 2 is 2.88 bits per heavy atom. The van der Waals surface area contributed by atoms with Gasteiger partial charge in [0.1, 0.15) is 0 Å². The molecule has 8 heavy (non-hydrogen) atoms. The molecule has 0 aliphatic rings. The standard InChI is InChI=1S/C5H6NO2/c1-2-8-5-3-7-4-6-5/h3H,2H2,1H3. The minimum atomic E-state index is 0.493. The van der Waals surface area contributed by atoms with Crippen LogP contribution in [0.15, 0.2) is 10.7 Å². The normalized spacial score (nSPS) is 9.12. The van der Waals surface area contributed by atoms with Crippen LogP contribution in [0.2, 0.25) is 0 Å². The average molecular weight is 112 g/mol. The molecule has 0 N–H and O–H groups in total. The van der Waals surface area contributed by atoms with Crippen LogP contribution < -0.4 is 4.74 Å². The largest absolute Gasteiger partial charge is 0.476 e. The Morgan fingerprint density at radius 3 is 3.38 bits per heavy atom. The molecule has 1 heterocycles. The van der Waals surface area contributed by atoms with Crippen LogP contribution in [-0.2, 0) is 0 Å². The zero-order valence-electron chi connectivity index (χ0n) is 4.55. The molecule has 0 fully saturated rings. The van der Waals surface area contributed by atoms with Crippen molar-refractivity contribution in [3.8, 4) is 5.88 Å². The summed E-state index contributed by atoms with van der Waals surface area (Å²) < 4.78 is 9.42. The summed E-state index contributed by atoms with van der Waals surface area (Å²) >= 11 is 0. The molecule has 0 saturated heterocycles. The Kier molecular flexibility index (Phi) is 1.51. The van der Waals surface area contributed by atoms with Crippen molar-refractivity contribution in [3.05, 3.63) is 12.7 Å². The molecule has 0 saturated carbocycles. The first-order valence-electron chi connectivity index (χ1n) is 2.38. The third-order valence-corrected chi connectivity index (χ3v) is 0.661. The Labute approximate surface area is 47.3 Å². The fourth-order valence-corrected chi connectivity index (χ4v) is 0.389. The zero-order valence-corrected chi connectivity index (χ0v) is 4.55. The van der Waals surface area contributed by atoms with E-state index in [0.717, 1.165) is 0 Å². The average Bonchev–Trinajstić information content (AvgIpc) is 2.19. The second kappa shape index (κ2) is 2.35. The zero-order chi connectivity index (χ0) is 5.82. The SMILES string of the molecule is CCOc1co[c]n1. The highest BCUT2D eigenvalue weighted by Crippen LogP contribution is 2.02. The van der Waals surface area contributed by atoms with Crippen LogP contribution in [0.5, 0.6) is 5.88 Å². The van der Waals surface area contributed by atoms with Gasteiger partial charge in [-0.2, -0.15) is 4.98 Å². The summed E-state index contributed by atoms with van der Waals surface area (Å²) in [6.45, 7) is 2.50. The third kappa shape index (κ3) is 0.992. The second-order valence-electron chi connectivity index (χ2n) is 1.21. The molecule has 0 aliphatic heterocycles. The quantitative estimate of drug-likeness (QED) is 0.569. The minimum absolute atomic E-state index is 0.493. The van der Waals surface area contributed by atoms with E-state index in [1.165, 1.54) is 6.26 Å². The van der Waals surface area contributed by atoms with Gasteiger partial charge >= 0.3 is 0 Å². The number of ether oxygens (including phenoxy) is 1. The van der Waals surface area contributed by atoms with E-state index in [2.05, 4.69) is 15.8 Å². The summed E-state index contributed by atoms with van der Waals surface area (Å²) in [6, 6.07) is 0. The highest BCUT2D eigenvalue weighted by Gasteiger charge is 1.90. The summed E-state index contributed by atoms with van der Waals surface area (Å²) in [5.41, 5.74) is 0. The first-order valence-corrected chi connectivity index (χ1v) is 2.38. The predicted octanol–water partition coefficient (Wildman–Crippen LogP) is 0.873. The molecule has 1 rings (SSSR count). The molecule has 0 spiro atoms. The van der Waals surface area contributed by atoms with Crippen LogP contribution in [0.4, 0.5) is 0 Å². The number of hydrogen-bond acceptors (Lipinski definition) is 3. The van der Waals surface area contributed by atoms with Crippen molar-refractivity contribution in [1.82, 2.24) is 4.98 Å². The van der Waals surface area contributed by atoms with Gasteiger partial charge in [0.2, 0.25) is 0 Å². The smallest absolute Gasteiger partial charge is 0.287 e. The lowest BCUT2D eigenvalue weighted by molar-refractivity contribution is 0.325. The lowest BCUT2D eigenvalue weighted by Crippen LogP contribution is -1.89. The van der Waals surface area contributed by atoms with Gasteiger partial charge in [-0.05, 0) is 6.92 Å². The van der Waals surface area contributed by atoms with Gasteiger partial charge in [-0.25, -0.2) is 0 Å². The van der Waals surface area contributed by atoms with E-state index in [1.54, 1.807) is 0 Å². The van der Waals surface area contributed by atoms with Gasteiger partial charge in [-0.15, -0.1) is 0 Å². The topological polar surface area (TPSA) is 35.3 Å². The summed E-state index contributed by atoms with van der Waals surface area (Å²) in [4.78, 5) is 3.59. The predicted molar refractivity (Wildman–Crippen MR) is 26.5 cm³/mol. The molecule has 0 unspecified atom stereocenters. The van der Waals surface area contributed by atoms with Gasteiger partial charge in [0, 0.05) is 0 Å². The van der Waals surface area contributed by atoms with Crippen molar-refractivity contribution in [3.63, 3.8) is 0 Å². The minimum Gasteiger partial charge on any atom is -0.476 e. The van der Waals surface area contributed by atoms with Crippen LogP contribution in [0, 0.1) is 6.39 Å². The lowest BCUT2D eigenvalue weighted by Gasteiger charge is -1.91. The number of oxazole rings is 1. The maximum absolute atomic E-state index is 4.91. The van der Waals surface area contributed by atoms with Gasteiger partial charge in [-0.1, -0.05) is 0 Å². The van der Waals surface area contributed by atoms with Crippen LogP contribution in [-0.4, -0.2) is 11.6 Å². The number of aromatic nitrogens is 1. The van der Waals surface area contributed by atoms with Gasteiger partial charge in [0.25, 0.3) is 12.3 Å². The Balaban J connectivity index is 2.50. The maximum atomic E-state index is 4.91. The molecule has 3 nitrogen and oxygen atoms in total. The second-order valence-corrected chi connectivity index (χ2v) is 1.21. The van der Waals surface area contributed by atoms with E-state index in [4.69, 9.17) is 4.74 Å². The van der Waals surface area contributed by atoms with E-state index < -0.39 is 0 Å². The van der Waals surface area contributed by atoms with Crippen LogP contribution in [0.1, 0.15) is 6.92 Å². The van der Waals surface area contributed by atoms with Gasteiger partial charge < -0.3 is 9.15 Å². The molecule has 43 valence electrons. The van der Waals surface area contributed by atoms with Crippen molar-refractivity contribution in [2.24, 2.45) is 0 Å². The third-order valence-electron chi connectivity index (χ3n) is 0.661. The van der Waals surface area contributed by atoms with E-state index in [-0.39, 0.29) is 0 Å². The highest BCUT2D eigenvalue weighted by atomic mass is 16.5. The van der Waals surface area contributed by atoms with Crippen molar-refractivity contribution in [1.29, 1.82) is 0 Å². The number of hydrogen-bond donors (Lipinski definition) is 0. The van der Waals surface area contributed by atoms with Crippen molar-refractivity contribution in [2.45, 2.75) is 6.92 Å². The van der Waals surface area contributed by atoms with Gasteiger partial charge in [0.05, 0.1) is 6.61 Å². The number of nitrogens with zero attached hydrogens (tertiary/aromatic N) is 1. The molecule has 1 aromatic heterocycles. The summed E-state index contributed by atoms with van der Waals surface area (Å²) in [6.07, 6.45) is 3.67. The fraction of sp³-hybridized carbons (Fsp3) is 0.400. The van der Waals surface area contributed by atoms with E-state index >= 15 is 0 Å². The Bertz CT molecular complexity index is 136. The number of rotatable bonds is 2. The van der Waals surface area contributed by atoms with Crippen molar-refractivity contribution >= 4 is 0 Å². The molecular weight excluding hydrogens is 106 g/mol. The molecule has 3 heteroatoms. The van der Waals surface area contributed by atoms with Crippen LogP contribution in [0.3, 0.4) is 0 Å². The first-order chi connectivity index (χ1) is 3.93. The Hall–Kier alpha value is -0.990. The summed E-state index contributed by atoms with van der Waals surface area (Å²) in [5.74, 6) is 0.493. The van der Waals surface area contributed by atoms with Gasteiger partial charge in [0.15, 0.2) is 6.26 Å². The summed E-state index contributed by atoms with van der Waals surface area (Å²) in [5, 5.41) is 0. The van der Waals surface area contributed by atoms with Crippen molar-refractivity contribution < 1.29 is 9.15 Å². The maximum Gasteiger partial charge on any atom is 0.287 e. The van der Waals surface area contributed by atoms with E-state index in [9.17, 15) is 0 Å². The molecule has 1 aromatic rings. The monoisotopic (exact) mass is 112 g/mol. The van der Waals surface area contributed by atoms with E-state index in [0.29, 0.717) is 12.5 Å². The van der Waals surface area contributed by atoms with Crippen LogP contribution in [0.25, 0.3) is 0 Å². The van der Waals surface area contributed by atoms with E-state index in [1.807, 2.05) is 6.92 Å². The Morgan fingerprint density at radius 1 is 2.00 bits per heavy atom. The van der Waals surface area contributed by atoms with Crippen molar-refractivity contribution in [2.75, 3.05) is 6.61 Å².